The van der Waals surface area contributed by atoms with E-state index >= 15 is 0 Å². The third kappa shape index (κ3) is 3.93. The number of benzene rings is 2. The van der Waals surface area contributed by atoms with Crippen LogP contribution in [0.4, 0.5) is 4.39 Å². The van der Waals surface area contributed by atoms with E-state index in [1.54, 1.807) is 36.4 Å². The lowest BCUT2D eigenvalue weighted by Crippen LogP contribution is -2.22. The van der Waals surface area contributed by atoms with Crippen LogP contribution in [0.3, 0.4) is 0 Å². The van der Waals surface area contributed by atoms with Crippen molar-refractivity contribution >= 4 is 9.84 Å². The summed E-state index contributed by atoms with van der Waals surface area (Å²) in [5, 5.41) is 0. The molecule has 0 aliphatic heterocycles. The van der Waals surface area contributed by atoms with Crippen molar-refractivity contribution in [2.45, 2.75) is 24.4 Å². The van der Waals surface area contributed by atoms with Gasteiger partial charge in [0.25, 0.3) is 0 Å². The van der Waals surface area contributed by atoms with Crippen LogP contribution in [0.15, 0.2) is 53.4 Å². The Kier molecular flexibility index (Phi) is 4.98. The molecule has 0 aromatic heterocycles. The topological polar surface area (TPSA) is 37.4 Å². The Morgan fingerprint density at radius 1 is 1.09 bits per heavy atom. The third-order valence-corrected chi connectivity index (χ3v) is 4.96. The lowest BCUT2D eigenvalue weighted by Gasteiger charge is -2.25. The average molecular weight is 321 g/mol. The minimum atomic E-state index is -3.18. The van der Waals surface area contributed by atoms with Gasteiger partial charge in [0.2, 0.25) is 0 Å². The van der Waals surface area contributed by atoms with Crippen molar-refractivity contribution < 1.29 is 12.8 Å². The molecule has 0 aliphatic rings. The van der Waals surface area contributed by atoms with Crippen LogP contribution < -0.4 is 0 Å². The Labute approximate surface area is 131 Å². The van der Waals surface area contributed by atoms with Gasteiger partial charge in [0.05, 0.1) is 4.90 Å². The van der Waals surface area contributed by atoms with Crippen molar-refractivity contribution in [1.29, 1.82) is 0 Å². The Morgan fingerprint density at radius 3 is 2.23 bits per heavy atom. The summed E-state index contributed by atoms with van der Waals surface area (Å²) < 4.78 is 36.7. The fourth-order valence-corrected chi connectivity index (χ4v) is 2.91. The first kappa shape index (κ1) is 16.6. The van der Waals surface area contributed by atoms with Crippen LogP contribution in [0.25, 0.3) is 0 Å². The molecule has 0 radical (unpaired) electrons. The highest BCUT2D eigenvalue weighted by atomic mass is 32.2. The van der Waals surface area contributed by atoms with Crippen molar-refractivity contribution in [3.63, 3.8) is 0 Å². The SMILES string of the molecule is C[C@H](c1ccc(S(C)(=O)=O)cc1)N(C)Cc1ccccc1F. The van der Waals surface area contributed by atoms with Gasteiger partial charge in [-0.1, -0.05) is 30.3 Å². The smallest absolute Gasteiger partial charge is 0.175 e. The van der Waals surface area contributed by atoms with Crippen LogP contribution in [-0.2, 0) is 16.4 Å². The first-order valence-corrected chi connectivity index (χ1v) is 8.92. The second-order valence-electron chi connectivity index (χ2n) is 5.52. The highest BCUT2D eigenvalue weighted by Gasteiger charge is 2.15. The number of nitrogens with zero attached hydrogens (tertiary/aromatic N) is 1. The second-order valence-corrected chi connectivity index (χ2v) is 7.54. The number of sulfone groups is 1. The summed E-state index contributed by atoms with van der Waals surface area (Å²) in [5.74, 6) is -0.214. The maximum Gasteiger partial charge on any atom is 0.175 e. The van der Waals surface area contributed by atoms with Gasteiger partial charge in [0.15, 0.2) is 9.84 Å². The van der Waals surface area contributed by atoms with Gasteiger partial charge >= 0.3 is 0 Å². The average Bonchev–Trinajstić information content (AvgIpc) is 2.48. The van der Waals surface area contributed by atoms with Gasteiger partial charge in [-0.25, -0.2) is 12.8 Å². The molecular formula is C17H20FNO2S. The molecule has 5 heteroatoms. The summed E-state index contributed by atoms with van der Waals surface area (Å²) in [7, 11) is -1.26. The lowest BCUT2D eigenvalue weighted by molar-refractivity contribution is 0.249. The first-order chi connectivity index (χ1) is 10.3. The van der Waals surface area contributed by atoms with Crippen molar-refractivity contribution in [3.05, 3.63) is 65.5 Å². The molecule has 1 atom stereocenters. The fraction of sp³-hybridized carbons (Fsp3) is 0.294. The molecule has 3 nitrogen and oxygen atoms in total. The molecule has 118 valence electrons. The van der Waals surface area contributed by atoms with Gasteiger partial charge in [0.1, 0.15) is 5.82 Å². The maximum absolute atomic E-state index is 13.7. The largest absolute Gasteiger partial charge is 0.295 e. The van der Waals surface area contributed by atoms with E-state index in [0.29, 0.717) is 17.0 Å². The van der Waals surface area contributed by atoms with Crippen molar-refractivity contribution in [2.75, 3.05) is 13.3 Å². The summed E-state index contributed by atoms with van der Waals surface area (Å²) >= 11 is 0. The molecule has 0 fully saturated rings. The van der Waals surface area contributed by atoms with Crippen LogP contribution in [0.1, 0.15) is 24.1 Å². The Hall–Kier alpha value is -1.72. The zero-order valence-electron chi connectivity index (χ0n) is 13.0. The molecular weight excluding hydrogens is 301 g/mol. The van der Waals surface area contributed by atoms with E-state index in [-0.39, 0.29) is 11.9 Å². The summed E-state index contributed by atoms with van der Waals surface area (Å²) in [4.78, 5) is 2.33. The van der Waals surface area contributed by atoms with Crippen molar-refractivity contribution in [3.8, 4) is 0 Å². The first-order valence-electron chi connectivity index (χ1n) is 7.02. The molecule has 0 saturated heterocycles. The monoisotopic (exact) mass is 321 g/mol. The molecule has 0 saturated carbocycles. The minimum Gasteiger partial charge on any atom is -0.295 e. The molecule has 0 spiro atoms. The molecule has 0 aliphatic carbocycles. The van der Waals surface area contributed by atoms with Crippen LogP contribution in [-0.4, -0.2) is 26.6 Å². The summed E-state index contributed by atoms with van der Waals surface area (Å²) in [5.41, 5.74) is 1.64. The van der Waals surface area contributed by atoms with Gasteiger partial charge in [-0.3, -0.25) is 4.90 Å². The Bertz CT molecular complexity index is 742. The van der Waals surface area contributed by atoms with E-state index in [9.17, 15) is 12.8 Å². The molecule has 2 aromatic carbocycles. The minimum absolute atomic E-state index is 0.0493. The summed E-state index contributed by atoms with van der Waals surface area (Å²) in [6, 6.07) is 13.6. The van der Waals surface area contributed by atoms with E-state index in [1.807, 2.05) is 24.9 Å². The normalized spacial score (nSPS) is 13.3. The molecule has 2 aromatic rings. The molecule has 0 amide bonds. The highest BCUT2D eigenvalue weighted by molar-refractivity contribution is 7.90. The Balaban J connectivity index is 2.14. The van der Waals surface area contributed by atoms with E-state index in [1.165, 1.54) is 12.3 Å². The maximum atomic E-state index is 13.7. The van der Waals surface area contributed by atoms with Gasteiger partial charge in [-0.15, -0.1) is 0 Å². The molecule has 0 bridgehead atoms. The van der Waals surface area contributed by atoms with E-state index in [0.717, 1.165) is 5.56 Å². The third-order valence-electron chi connectivity index (χ3n) is 3.83. The van der Waals surface area contributed by atoms with Gasteiger partial charge in [-0.05, 0) is 37.7 Å². The Morgan fingerprint density at radius 2 is 1.68 bits per heavy atom. The van der Waals surface area contributed by atoms with Gasteiger partial charge < -0.3 is 0 Å². The predicted octanol–water partition coefficient (Wildman–Crippen LogP) is 3.42. The molecule has 0 heterocycles. The van der Waals surface area contributed by atoms with Crippen molar-refractivity contribution in [2.24, 2.45) is 0 Å². The van der Waals surface area contributed by atoms with E-state index < -0.39 is 9.84 Å². The van der Waals surface area contributed by atoms with Gasteiger partial charge in [-0.2, -0.15) is 0 Å². The molecule has 22 heavy (non-hydrogen) atoms. The van der Waals surface area contributed by atoms with Crippen molar-refractivity contribution in [1.82, 2.24) is 4.90 Å². The zero-order valence-corrected chi connectivity index (χ0v) is 13.8. The van der Waals surface area contributed by atoms with E-state index in [2.05, 4.69) is 0 Å². The second kappa shape index (κ2) is 6.58. The van der Waals surface area contributed by atoms with Crippen LogP contribution in [0, 0.1) is 5.82 Å². The fourth-order valence-electron chi connectivity index (χ4n) is 2.28. The molecule has 0 N–H and O–H groups in total. The van der Waals surface area contributed by atoms with E-state index in [4.69, 9.17) is 0 Å². The number of rotatable bonds is 5. The predicted molar refractivity (Wildman–Crippen MR) is 85.8 cm³/mol. The zero-order chi connectivity index (χ0) is 16.3. The standard InChI is InChI=1S/C17H20FNO2S/c1-13(14-8-10-16(11-9-14)22(3,20)21)19(2)12-15-6-4-5-7-17(15)18/h4-11,13H,12H2,1-3H3/t13-/m1/s1. The number of hydrogen-bond donors (Lipinski definition) is 0. The molecule has 2 rings (SSSR count). The quantitative estimate of drug-likeness (QED) is 0.847. The molecule has 0 unspecified atom stereocenters. The lowest BCUT2D eigenvalue weighted by atomic mass is 10.1. The number of halogens is 1. The summed E-state index contributed by atoms with van der Waals surface area (Å²) in [6.45, 7) is 2.50. The van der Waals surface area contributed by atoms with Crippen LogP contribution in [0.2, 0.25) is 0 Å². The highest BCUT2D eigenvalue weighted by Crippen LogP contribution is 2.23. The van der Waals surface area contributed by atoms with Crippen LogP contribution in [0.5, 0.6) is 0 Å². The summed E-state index contributed by atoms with van der Waals surface area (Å²) in [6.07, 6.45) is 1.19. The number of hydrogen-bond acceptors (Lipinski definition) is 3. The van der Waals surface area contributed by atoms with Crippen LogP contribution >= 0.6 is 0 Å². The van der Waals surface area contributed by atoms with Gasteiger partial charge in [0, 0.05) is 24.4 Å².